The van der Waals surface area contributed by atoms with E-state index in [-0.39, 0.29) is 17.0 Å². The van der Waals surface area contributed by atoms with E-state index in [1.807, 2.05) is 0 Å². The first-order chi connectivity index (χ1) is 9.79. The minimum absolute atomic E-state index is 0.0393. The van der Waals surface area contributed by atoms with Gasteiger partial charge in [0.15, 0.2) is 0 Å². The number of rotatable bonds is 7. The molecule has 0 radical (unpaired) electrons. The Morgan fingerprint density at radius 1 is 1.43 bits per heavy atom. The van der Waals surface area contributed by atoms with Gasteiger partial charge in [0.05, 0.1) is 10.5 Å². The number of aromatic carboxylic acids is 1. The highest BCUT2D eigenvalue weighted by atomic mass is 32.2. The summed E-state index contributed by atoms with van der Waals surface area (Å²) in [6, 6.07) is 1.92. The summed E-state index contributed by atoms with van der Waals surface area (Å²) in [5.41, 5.74) is -0.703. The van der Waals surface area contributed by atoms with Crippen LogP contribution in [0.4, 0.5) is 4.39 Å². The van der Waals surface area contributed by atoms with Crippen LogP contribution >= 0.6 is 0 Å². The zero-order valence-corrected chi connectivity index (χ0v) is 12.3. The van der Waals surface area contributed by atoms with Crippen molar-refractivity contribution in [3.63, 3.8) is 0 Å². The zero-order valence-electron chi connectivity index (χ0n) is 11.5. The maximum atomic E-state index is 13.6. The van der Waals surface area contributed by atoms with Gasteiger partial charge >= 0.3 is 5.97 Å². The summed E-state index contributed by atoms with van der Waals surface area (Å²) in [5.74, 6) is -0.000604. The number of aryl methyl sites for hydroxylation is 1. The zero-order chi connectivity index (χ0) is 16.0. The summed E-state index contributed by atoms with van der Waals surface area (Å²) in [5, 5.41) is 8.88. The average molecular weight is 313 g/mol. The number of halogens is 1. The molecule has 7 heteroatoms. The molecule has 0 spiro atoms. The molecule has 1 rings (SSSR count). The van der Waals surface area contributed by atoms with Crippen molar-refractivity contribution >= 4 is 16.0 Å². The first-order valence-electron chi connectivity index (χ1n) is 6.26. The fourth-order valence-electron chi connectivity index (χ4n) is 1.69. The fourth-order valence-corrected chi connectivity index (χ4v) is 2.87. The molecule has 2 N–H and O–H groups in total. The van der Waals surface area contributed by atoms with E-state index in [1.165, 1.54) is 6.92 Å². The van der Waals surface area contributed by atoms with Crippen LogP contribution in [-0.4, -0.2) is 26.0 Å². The van der Waals surface area contributed by atoms with Gasteiger partial charge in [0.2, 0.25) is 10.0 Å². The maximum Gasteiger partial charge on any atom is 0.338 e. The molecule has 114 valence electrons. The molecule has 0 aliphatic carbocycles. The number of carbonyl (C=O) groups is 1. The molecule has 0 aliphatic heterocycles. The predicted octanol–water partition coefficient (Wildman–Crippen LogP) is 1.91. The molecule has 1 aromatic carbocycles. The molecule has 0 saturated carbocycles. The first kappa shape index (κ1) is 17.1. The minimum atomic E-state index is -3.87. The summed E-state index contributed by atoms with van der Waals surface area (Å²) < 4.78 is 40.0. The third-order valence-electron chi connectivity index (χ3n) is 2.81. The molecule has 0 aromatic heterocycles. The van der Waals surface area contributed by atoms with Gasteiger partial charge in [0, 0.05) is 13.0 Å². The van der Waals surface area contributed by atoms with Crippen LogP contribution in [0.15, 0.2) is 17.0 Å². The van der Waals surface area contributed by atoms with E-state index < -0.39 is 27.4 Å². The molecule has 0 bridgehead atoms. The number of sulfonamides is 1. The van der Waals surface area contributed by atoms with Crippen molar-refractivity contribution in [3.05, 3.63) is 29.1 Å². The highest BCUT2D eigenvalue weighted by Gasteiger charge is 2.20. The number of nitrogens with one attached hydrogen (secondary N) is 1. The Balaban J connectivity index is 2.94. The molecule has 1 aromatic rings. The number of hydrogen-bond donors (Lipinski definition) is 2. The van der Waals surface area contributed by atoms with E-state index in [0.29, 0.717) is 19.3 Å². The van der Waals surface area contributed by atoms with Crippen molar-refractivity contribution in [3.8, 4) is 12.3 Å². The molecule has 0 atom stereocenters. The van der Waals surface area contributed by atoms with Crippen molar-refractivity contribution in [2.75, 3.05) is 6.54 Å². The highest BCUT2D eigenvalue weighted by Crippen LogP contribution is 2.19. The van der Waals surface area contributed by atoms with E-state index in [0.717, 1.165) is 12.1 Å². The van der Waals surface area contributed by atoms with E-state index in [9.17, 15) is 17.6 Å². The van der Waals surface area contributed by atoms with E-state index in [1.54, 1.807) is 0 Å². The van der Waals surface area contributed by atoms with E-state index in [4.69, 9.17) is 11.5 Å². The minimum Gasteiger partial charge on any atom is -0.478 e. The maximum absolute atomic E-state index is 13.6. The van der Waals surface area contributed by atoms with Crippen molar-refractivity contribution in [1.29, 1.82) is 0 Å². The van der Waals surface area contributed by atoms with Gasteiger partial charge in [-0.3, -0.25) is 0 Å². The Morgan fingerprint density at radius 3 is 2.67 bits per heavy atom. The molecule has 21 heavy (non-hydrogen) atoms. The van der Waals surface area contributed by atoms with Crippen molar-refractivity contribution < 1.29 is 22.7 Å². The number of terminal acetylenes is 1. The van der Waals surface area contributed by atoms with Gasteiger partial charge in [-0.1, -0.05) is 0 Å². The molecule has 0 aliphatic rings. The second kappa shape index (κ2) is 7.20. The van der Waals surface area contributed by atoms with Gasteiger partial charge in [-0.05, 0) is 37.5 Å². The average Bonchev–Trinajstić information content (AvgIpc) is 2.40. The predicted molar refractivity (Wildman–Crippen MR) is 76.0 cm³/mol. The van der Waals surface area contributed by atoms with Crippen LogP contribution in [0.25, 0.3) is 0 Å². The number of unbranched alkanes of at least 4 members (excludes halogenated alkanes) is 2. The number of carboxylic acids is 1. The fraction of sp³-hybridized carbons (Fsp3) is 0.357. The third-order valence-corrected chi connectivity index (χ3v) is 4.25. The summed E-state index contributed by atoms with van der Waals surface area (Å²) >= 11 is 0. The molecule has 0 fully saturated rings. The quantitative estimate of drug-likeness (QED) is 0.595. The normalized spacial score (nSPS) is 11.1. The number of hydrogen-bond acceptors (Lipinski definition) is 3. The number of benzene rings is 1. The lowest BCUT2D eigenvalue weighted by Crippen LogP contribution is -2.25. The van der Waals surface area contributed by atoms with Crippen molar-refractivity contribution in [2.24, 2.45) is 0 Å². The Labute approximate surface area is 123 Å². The monoisotopic (exact) mass is 313 g/mol. The number of carboxylic acid groups (broad SMARTS) is 1. The second-order valence-corrected chi connectivity index (χ2v) is 6.23. The summed E-state index contributed by atoms with van der Waals surface area (Å²) in [6.45, 7) is 1.50. The Bertz CT molecular complexity index is 677. The first-order valence-corrected chi connectivity index (χ1v) is 7.74. The van der Waals surface area contributed by atoms with Crippen molar-refractivity contribution in [2.45, 2.75) is 31.1 Å². The standard InChI is InChI=1S/C14H16FNO4S/c1-3-4-5-6-7-16-21(19,20)11-8-10(2)13(15)12(9-11)14(17)18/h1,8-9,16H,4-7H2,2H3,(H,17,18). The van der Waals surface area contributed by atoms with Crippen LogP contribution in [0.2, 0.25) is 0 Å². The smallest absolute Gasteiger partial charge is 0.338 e. The molecular formula is C14H16FNO4S. The molecule has 0 amide bonds. The molecule has 0 unspecified atom stereocenters. The topological polar surface area (TPSA) is 83.5 Å². The molecule has 0 saturated heterocycles. The van der Waals surface area contributed by atoms with Crippen LogP contribution in [0.3, 0.4) is 0 Å². The molecule has 5 nitrogen and oxygen atoms in total. The summed E-state index contributed by atoms with van der Waals surface area (Å²) in [4.78, 5) is 10.6. The lowest BCUT2D eigenvalue weighted by Gasteiger charge is -2.09. The lowest BCUT2D eigenvalue weighted by molar-refractivity contribution is 0.0691. The summed E-state index contributed by atoms with van der Waals surface area (Å²) in [6.07, 6.45) is 6.89. The van der Waals surface area contributed by atoms with Crippen LogP contribution in [-0.2, 0) is 10.0 Å². The summed E-state index contributed by atoms with van der Waals surface area (Å²) in [7, 11) is -3.87. The second-order valence-electron chi connectivity index (χ2n) is 4.47. The van der Waals surface area contributed by atoms with Crippen molar-refractivity contribution in [1.82, 2.24) is 4.72 Å². The third kappa shape index (κ3) is 4.55. The van der Waals surface area contributed by atoms with Gasteiger partial charge in [0.1, 0.15) is 5.82 Å². The van der Waals surface area contributed by atoms with Crippen LogP contribution in [0, 0.1) is 25.1 Å². The largest absolute Gasteiger partial charge is 0.478 e. The van der Waals surface area contributed by atoms with Crippen LogP contribution in [0.1, 0.15) is 35.2 Å². The van der Waals surface area contributed by atoms with Gasteiger partial charge < -0.3 is 5.11 Å². The van der Waals surface area contributed by atoms with Gasteiger partial charge in [-0.15, -0.1) is 12.3 Å². The van der Waals surface area contributed by atoms with E-state index >= 15 is 0 Å². The Kier molecular flexibility index (Phi) is 5.88. The Morgan fingerprint density at radius 2 is 2.10 bits per heavy atom. The van der Waals surface area contributed by atoms with Gasteiger partial charge in [-0.25, -0.2) is 22.3 Å². The van der Waals surface area contributed by atoms with Crippen LogP contribution in [0.5, 0.6) is 0 Å². The SMILES string of the molecule is C#CCCCCNS(=O)(=O)c1cc(C)c(F)c(C(=O)O)c1. The lowest BCUT2D eigenvalue weighted by atomic mass is 10.1. The van der Waals surface area contributed by atoms with Crippen LogP contribution < -0.4 is 4.72 Å². The Hall–Kier alpha value is -1.91. The molecular weight excluding hydrogens is 297 g/mol. The highest BCUT2D eigenvalue weighted by molar-refractivity contribution is 7.89. The molecule has 0 heterocycles. The van der Waals surface area contributed by atoms with Gasteiger partial charge in [0.25, 0.3) is 0 Å². The van der Waals surface area contributed by atoms with Gasteiger partial charge in [-0.2, -0.15) is 0 Å². The van der Waals surface area contributed by atoms with E-state index in [2.05, 4.69) is 10.6 Å².